The Morgan fingerprint density at radius 3 is 2.64 bits per heavy atom. The summed E-state index contributed by atoms with van der Waals surface area (Å²) in [6.07, 6.45) is 4.07. The van der Waals surface area contributed by atoms with Gasteiger partial charge in [0.15, 0.2) is 0 Å². The number of carbonyl (C=O) groups is 2. The minimum Gasteiger partial charge on any atom is -0.330 e. The second kappa shape index (κ2) is 10.6. The van der Waals surface area contributed by atoms with Crippen molar-refractivity contribution in [3.05, 3.63) is 97.7 Å². The Kier molecular flexibility index (Phi) is 7.53. The summed E-state index contributed by atoms with van der Waals surface area (Å²) >= 11 is 14.4. The summed E-state index contributed by atoms with van der Waals surface area (Å²) in [5.74, 6) is -0.296. The van der Waals surface area contributed by atoms with Crippen molar-refractivity contribution in [2.75, 3.05) is 19.6 Å². The zero-order valence-electron chi connectivity index (χ0n) is 18.2. The number of benzene rings is 2. The van der Waals surface area contributed by atoms with Crippen molar-refractivity contribution in [1.82, 2.24) is 9.80 Å². The number of thiophene rings is 1. The van der Waals surface area contributed by atoms with Gasteiger partial charge in [-0.1, -0.05) is 59.6 Å². The van der Waals surface area contributed by atoms with Crippen LogP contribution in [0.1, 0.15) is 34.5 Å². The van der Waals surface area contributed by atoms with Gasteiger partial charge in [0.25, 0.3) is 0 Å². The molecule has 4 rings (SSSR count). The summed E-state index contributed by atoms with van der Waals surface area (Å²) in [5, 5.41) is 3.13. The van der Waals surface area contributed by atoms with Crippen LogP contribution in [0.2, 0.25) is 10.0 Å². The van der Waals surface area contributed by atoms with E-state index in [0.29, 0.717) is 23.1 Å². The first-order valence-electron chi connectivity index (χ1n) is 10.8. The first-order chi connectivity index (χ1) is 16.0. The maximum Gasteiger partial charge on any atom is 0.247 e. The van der Waals surface area contributed by atoms with Gasteiger partial charge in [0.1, 0.15) is 6.54 Å². The molecule has 33 heavy (non-hydrogen) atoms. The molecule has 1 unspecified atom stereocenters. The van der Waals surface area contributed by atoms with Gasteiger partial charge in [0.05, 0.1) is 6.04 Å². The number of rotatable bonds is 6. The van der Waals surface area contributed by atoms with Crippen molar-refractivity contribution in [2.24, 2.45) is 0 Å². The van der Waals surface area contributed by atoms with Crippen molar-refractivity contribution in [1.29, 1.82) is 0 Å². The van der Waals surface area contributed by atoms with Gasteiger partial charge < -0.3 is 9.80 Å². The lowest BCUT2D eigenvalue weighted by molar-refractivity contribution is -0.139. The zero-order chi connectivity index (χ0) is 23.4. The van der Waals surface area contributed by atoms with E-state index in [2.05, 4.69) is 6.07 Å². The van der Waals surface area contributed by atoms with Crippen molar-refractivity contribution >= 4 is 52.4 Å². The van der Waals surface area contributed by atoms with Crippen LogP contribution in [0.5, 0.6) is 0 Å². The average molecular weight is 499 g/mol. The molecule has 2 heterocycles. The van der Waals surface area contributed by atoms with Crippen LogP contribution >= 0.6 is 34.5 Å². The Morgan fingerprint density at radius 1 is 1.12 bits per heavy atom. The summed E-state index contributed by atoms with van der Waals surface area (Å²) in [6, 6.07) is 16.8. The van der Waals surface area contributed by atoms with Crippen molar-refractivity contribution < 1.29 is 9.59 Å². The summed E-state index contributed by atoms with van der Waals surface area (Å²) < 4.78 is 0. The number of amides is 2. The maximum absolute atomic E-state index is 13.5. The molecule has 1 aromatic heterocycles. The van der Waals surface area contributed by atoms with Crippen LogP contribution in [0.25, 0.3) is 6.08 Å². The fourth-order valence-electron chi connectivity index (χ4n) is 4.08. The van der Waals surface area contributed by atoms with Crippen LogP contribution in [-0.4, -0.2) is 41.2 Å². The van der Waals surface area contributed by atoms with Crippen LogP contribution in [0.4, 0.5) is 0 Å². The maximum atomic E-state index is 13.5. The molecule has 0 fully saturated rings. The highest BCUT2D eigenvalue weighted by molar-refractivity contribution is 7.10. The van der Waals surface area contributed by atoms with E-state index < -0.39 is 0 Å². The number of hydrogen-bond acceptors (Lipinski definition) is 3. The third-order valence-electron chi connectivity index (χ3n) is 5.78. The van der Waals surface area contributed by atoms with Crippen molar-refractivity contribution in [3.63, 3.8) is 0 Å². The third kappa shape index (κ3) is 5.32. The minimum absolute atomic E-state index is 0.00957. The van der Waals surface area contributed by atoms with Gasteiger partial charge in [-0.3, -0.25) is 9.59 Å². The van der Waals surface area contributed by atoms with Gasteiger partial charge in [0, 0.05) is 34.1 Å². The quantitative estimate of drug-likeness (QED) is 0.385. The second-order valence-corrected chi connectivity index (χ2v) is 9.65. The largest absolute Gasteiger partial charge is 0.330 e. The normalized spacial score (nSPS) is 15.5. The van der Waals surface area contributed by atoms with Gasteiger partial charge >= 0.3 is 0 Å². The molecule has 2 amide bonds. The molecule has 1 aliphatic rings. The Balaban J connectivity index is 1.56. The second-order valence-electron chi connectivity index (χ2n) is 7.80. The molecule has 3 aromatic rings. The van der Waals surface area contributed by atoms with Gasteiger partial charge in [0.2, 0.25) is 11.8 Å². The van der Waals surface area contributed by atoms with Crippen LogP contribution in [0.3, 0.4) is 0 Å². The lowest BCUT2D eigenvalue weighted by atomic mass is 9.93. The molecule has 0 bridgehead atoms. The Hall–Kier alpha value is -2.60. The molecule has 0 saturated carbocycles. The standard InChI is InChI=1S/C26H24Cl2N2O2S/c1-2-29(24(31)11-8-18-6-4-3-5-7-18)17-25(32)30-14-12-23-21(13-15-33-23)26(30)20-10-9-19(27)16-22(20)28/h3-11,13,15-16,26H,2,12,14,17H2,1H3. The van der Waals surface area contributed by atoms with E-state index in [-0.39, 0.29) is 24.4 Å². The highest BCUT2D eigenvalue weighted by Gasteiger charge is 2.34. The third-order valence-corrected chi connectivity index (χ3v) is 7.34. The van der Waals surface area contributed by atoms with Gasteiger partial charge in [-0.25, -0.2) is 0 Å². The minimum atomic E-state index is -0.300. The zero-order valence-corrected chi connectivity index (χ0v) is 20.5. The Bertz CT molecular complexity index is 1180. The fourth-order valence-corrected chi connectivity index (χ4v) is 5.50. The number of hydrogen-bond donors (Lipinski definition) is 0. The van der Waals surface area contributed by atoms with Crippen LogP contribution in [0, 0.1) is 0 Å². The average Bonchev–Trinajstić information content (AvgIpc) is 3.30. The highest BCUT2D eigenvalue weighted by Crippen LogP contribution is 2.41. The van der Waals surface area contributed by atoms with E-state index in [4.69, 9.17) is 23.2 Å². The Labute approximate surface area is 208 Å². The monoisotopic (exact) mass is 498 g/mol. The smallest absolute Gasteiger partial charge is 0.247 e. The van der Waals surface area contributed by atoms with Gasteiger partial charge in [-0.15, -0.1) is 11.3 Å². The summed E-state index contributed by atoms with van der Waals surface area (Å²) in [7, 11) is 0. The summed E-state index contributed by atoms with van der Waals surface area (Å²) in [4.78, 5) is 30.9. The molecule has 0 spiro atoms. The van der Waals surface area contributed by atoms with E-state index >= 15 is 0 Å². The molecule has 1 atom stereocenters. The number of likely N-dealkylation sites (N-methyl/N-ethyl adjacent to an activating group) is 1. The Morgan fingerprint density at radius 2 is 1.91 bits per heavy atom. The summed E-state index contributed by atoms with van der Waals surface area (Å²) in [5.41, 5.74) is 2.86. The molecule has 0 aliphatic carbocycles. The predicted molar refractivity (Wildman–Crippen MR) is 136 cm³/mol. The van der Waals surface area contributed by atoms with E-state index in [1.807, 2.05) is 53.6 Å². The molecule has 0 radical (unpaired) electrons. The molecule has 1 aliphatic heterocycles. The number of carbonyl (C=O) groups excluding carboxylic acids is 2. The van der Waals surface area contributed by atoms with Gasteiger partial charge in [-0.05, 0) is 59.7 Å². The van der Waals surface area contributed by atoms with Gasteiger partial charge in [-0.2, -0.15) is 0 Å². The lowest BCUT2D eigenvalue weighted by Crippen LogP contribution is -2.46. The number of fused-ring (bicyclic) bond motifs is 1. The summed E-state index contributed by atoms with van der Waals surface area (Å²) in [6.45, 7) is 2.90. The van der Waals surface area contributed by atoms with E-state index in [1.165, 1.54) is 11.0 Å². The fraction of sp³-hybridized carbons (Fsp3) is 0.231. The number of halogens is 2. The molecule has 4 nitrogen and oxygen atoms in total. The highest BCUT2D eigenvalue weighted by atomic mass is 35.5. The topological polar surface area (TPSA) is 40.6 Å². The van der Waals surface area contributed by atoms with Crippen molar-refractivity contribution in [3.8, 4) is 0 Å². The molecule has 170 valence electrons. The molecule has 2 aromatic carbocycles. The lowest BCUT2D eigenvalue weighted by Gasteiger charge is -2.37. The van der Waals surface area contributed by atoms with E-state index in [9.17, 15) is 9.59 Å². The first kappa shape index (κ1) is 23.6. The molecular weight excluding hydrogens is 475 g/mol. The predicted octanol–water partition coefficient (Wildman–Crippen LogP) is 6.09. The first-order valence-corrected chi connectivity index (χ1v) is 12.4. The molecule has 0 saturated heterocycles. The molecule has 7 heteroatoms. The van der Waals surface area contributed by atoms with E-state index in [1.54, 1.807) is 34.4 Å². The van der Waals surface area contributed by atoms with Crippen molar-refractivity contribution in [2.45, 2.75) is 19.4 Å². The molecular formula is C26H24Cl2N2O2S. The van der Waals surface area contributed by atoms with Crippen LogP contribution in [0.15, 0.2) is 66.1 Å². The SMILES string of the molecule is CCN(CC(=O)N1CCc2sccc2C1c1ccc(Cl)cc1Cl)C(=O)C=Cc1ccccc1. The number of nitrogens with zero attached hydrogens (tertiary/aromatic N) is 2. The van der Waals surface area contributed by atoms with E-state index in [0.717, 1.165) is 23.1 Å². The molecule has 0 N–H and O–H groups in total. The van der Waals surface area contributed by atoms with Crippen LogP contribution < -0.4 is 0 Å². The van der Waals surface area contributed by atoms with Crippen LogP contribution in [-0.2, 0) is 16.0 Å².